The third kappa shape index (κ3) is 3.77. The molecule has 0 saturated heterocycles. The summed E-state index contributed by atoms with van der Waals surface area (Å²) in [6.07, 6.45) is 0. The monoisotopic (exact) mass is 420 g/mol. The molecule has 2 aromatic rings. The lowest BCUT2D eigenvalue weighted by Gasteiger charge is -2.32. The number of ether oxygens (including phenoxy) is 1. The van der Waals surface area contributed by atoms with Crippen LogP contribution in [0.1, 0.15) is 23.4 Å². The maximum Gasteiger partial charge on any atom is 0.338 e. The van der Waals surface area contributed by atoms with E-state index in [2.05, 4.69) is 21.2 Å². The number of thiophene rings is 1. The van der Waals surface area contributed by atoms with Crippen molar-refractivity contribution in [2.75, 3.05) is 7.05 Å². The average Bonchev–Trinajstić information content (AvgIpc) is 3.04. The summed E-state index contributed by atoms with van der Waals surface area (Å²) >= 11 is 4.90. The smallest absolute Gasteiger partial charge is 0.338 e. The quantitative estimate of drug-likeness (QED) is 0.752. The topological polar surface area (TPSA) is 58.6 Å². The van der Waals surface area contributed by atoms with Crippen LogP contribution in [0, 0.1) is 0 Å². The van der Waals surface area contributed by atoms with E-state index in [1.54, 1.807) is 14.0 Å². The predicted molar refractivity (Wildman–Crippen MR) is 100.0 cm³/mol. The van der Waals surface area contributed by atoms with Crippen molar-refractivity contribution in [3.8, 4) is 0 Å². The Morgan fingerprint density at radius 2 is 2.00 bits per heavy atom. The molecule has 7 heteroatoms. The van der Waals surface area contributed by atoms with E-state index in [9.17, 15) is 9.59 Å². The lowest BCUT2D eigenvalue weighted by molar-refractivity contribution is -0.140. The molecule has 1 aliphatic rings. The number of hydrogen-bond acceptors (Lipinski definition) is 4. The Morgan fingerprint density at radius 3 is 2.64 bits per heavy atom. The highest BCUT2D eigenvalue weighted by Gasteiger charge is 2.35. The van der Waals surface area contributed by atoms with Crippen LogP contribution in [0.25, 0.3) is 0 Å². The van der Waals surface area contributed by atoms with E-state index in [1.807, 2.05) is 42.5 Å². The van der Waals surface area contributed by atoms with Gasteiger partial charge in [-0.2, -0.15) is 0 Å². The van der Waals surface area contributed by atoms with Crippen molar-refractivity contribution in [3.05, 3.63) is 68.0 Å². The Morgan fingerprint density at radius 1 is 1.28 bits per heavy atom. The number of carbonyl (C=O) groups is 2. The average molecular weight is 421 g/mol. The molecule has 0 aliphatic carbocycles. The van der Waals surface area contributed by atoms with Crippen LogP contribution in [0.4, 0.5) is 4.79 Å². The number of hydrogen-bond donors (Lipinski definition) is 1. The largest absolute Gasteiger partial charge is 0.457 e. The van der Waals surface area contributed by atoms with Crippen LogP contribution in [-0.4, -0.2) is 23.9 Å². The lowest BCUT2D eigenvalue weighted by atomic mass is 10.0. The summed E-state index contributed by atoms with van der Waals surface area (Å²) in [6.45, 7) is 1.95. The minimum atomic E-state index is -0.511. The first-order valence-corrected chi connectivity index (χ1v) is 9.29. The molecule has 1 N–H and O–H groups in total. The summed E-state index contributed by atoms with van der Waals surface area (Å²) in [6, 6.07) is 12.5. The van der Waals surface area contributed by atoms with Crippen LogP contribution in [0.3, 0.4) is 0 Å². The fourth-order valence-electron chi connectivity index (χ4n) is 2.60. The van der Waals surface area contributed by atoms with Gasteiger partial charge in [0.15, 0.2) is 0 Å². The Balaban J connectivity index is 1.88. The van der Waals surface area contributed by atoms with Gasteiger partial charge in [-0.15, -0.1) is 11.3 Å². The molecule has 0 bridgehead atoms. The highest BCUT2D eigenvalue weighted by atomic mass is 79.9. The van der Waals surface area contributed by atoms with Gasteiger partial charge in [-0.25, -0.2) is 9.59 Å². The molecule has 0 saturated carbocycles. The van der Waals surface area contributed by atoms with Crippen LogP contribution in [0.5, 0.6) is 0 Å². The molecule has 5 nitrogen and oxygen atoms in total. The second-order valence-electron chi connectivity index (χ2n) is 5.64. The molecule has 3 rings (SSSR count). The van der Waals surface area contributed by atoms with Crippen molar-refractivity contribution in [3.63, 3.8) is 0 Å². The van der Waals surface area contributed by atoms with Gasteiger partial charge in [0.25, 0.3) is 0 Å². The number of rotatable bonds is 4. The number of allylic oxidation sites excluding steroid dienone is 1. The van der Waals surface area contributed by atoms with E-state index in [-0.39, 0.29) is 12.6 Å². The molecular formula is C18H17BrN2O3S. The van der Waals surface area contributed by atoms with Gasteiger partial charge in [0.05, 0.1) is 15.4 Å². The van der Waals surface area contributed by atoms with Gasteiger partial charge in [-0.1, -0.05) is 30.3 Å². The van der Waals surface area contributed by atoms with Crippen LogP contribution in [0.2, 0.25) is 0 Å². The molecule has 2 amide bonds. The zero-order chi connectivity index (χ0) is 18.0. The zero-order valence-electron chi connectivity index (χ0n) is 13.8. The third-order valence-corrected chi connectivity index (χ3v) is 5.75. The van der Waals surface area contributed by atoms with E-state index in [4.69, 9.17) is 4.74 Å². The van der Waals surface area contributed by atoms with Crippen molar-refractivity contribution < 1.29 is 14.3 Å². The van der Waals surface area contributed by atoms with Crippen molar-refractivity contribution in [1.29, 1.82) is 0 Å². The molecule has 2 heterocycles. The van der Waals surface area contributed by atoms with Gasteiger partial charge >= 0.3 is 12.0 Å². The second kappa shape index (κ2) is 7.41. The predicted octanol–water partition coefficient (Wildman–Crippen LogP) is 4.22. The second-order valence-corrected chi connectivity index (χ2v) is 8.14. The summed E-state index contributed by atoms with van der Waals surface area (Å²) in [5, 5.41) is 2.87. The van der Waals surface area contributed by atoms with Crippen molar-refractivity contribution in [2.45, 2.75) is 19.6 Å². The first-order chi connectivity index (χ1) is 12.0. The highest BCUT2D eigenvalue weighted by Crippen LogP contribution is 2.36. The molecular weight excluding hydrogens is 404 g/mol. The van der Waals surface area contributed by atoms with E-state index in [0.717, 1.165) is 14.2 Å². The number of nitrogens with zero attached hydrogens (tertiary/aromatic N) is 1. The van der Waals surface area contributed by atoms with E-state index in [1.165, 1.54) is 16.2 Å². The lowest BCUT2D eigenvalue weighted by Crippen LogP contribution is -2.46. The number of benzene rings is 1. The van der Waals surface area contributed by atoms with Crippen molar-refractivity contribution in [2.24, 2.45) is 0 Å². The maximum atomic E-state index is 12.8. The summed E-state index contributed by atoms with van der Waals surface area (Å²) in [4.78, 5) is 27.2. The molecule has 1 aromatic carbocycles. The van der Waals surface area contributed by atoms with E-state index in [0.29, 0.717) is 11.3 Å². The van der Waals surface area contributed by atoms with Crippen LogP contribution in [0.15, 0.2) is 57.5 Å². The summed E-state index contributed by atoms with van der Waals surface area (Å²) in [5.74, 6) is -0.428. The van der Waals surface area contributed by atoms with Crippen molar-refractivity contribution in [1.82, 2.24) is 10.2 Å². The Labute approximate surface area is 158 Å². The number of urea groups is 1. The van der Waals surface area contributed by atoms with Gasteiger partial charge in [-0.3, -0.25) is 0 Å². The number of carbonyl (C=O) groups excluding carboxylic acids is 2. The van der Waals surface area contributed by atoms with Crippen molar-refractivity contribution >= 4 is 39.3 Å². The summed E-state index contributed by atoms with van der Waals surface area (Å²) in [7, 11) is 1.63. The van der Waals surface area contributed by atoms with Gasteiger partial charge in [0, 0.05) is 17.6 Å². The number of amides is 2. The highest BCUT2D eigenvalue weighted by molar-refractivity contribution is 9.11. The molecule has 0 radical (unpaired) electrons. The summed E-state index contributed by atoms with van der Waals surface area (Å²) < 4.78 is 6.43. The Hall–Kier alpha value is -2.12. The molecule has 1 unspecified atom stereocenters. The van der Waals surface area contributed by atoms with Crippen LogP contribution >= 0.6 is 27.3 Å². The SMILES string of the molecule is CC1=C(C(=O)OCc2ccccc2)C(c2ccc(Br)s2)NC(=O)N1C. The van der Waals surface area contributed by atoms with Gasteiger partial charge in [0.1, 0.15) is 6.61 Å². The van der Waals surface area contributed by atoms with Gasteiger partial charge in [-0.05, 0) is 40.5 Å². The van der Waals surface area contributed by atoms with Gasteiger partial charge in [0.2, 0.25) is 0 Å². The fraction of sp³-hybridized carbons (Fsp3) is 0.222. The first-order valence-electron chi connectivity index (χ1n) is 7.68. The number of esters is 1. The Bertz CT molecular complexity index is 832. The molecule has 0 fully saturated rings. The first kappa shape index (κ1) is 17.7. The molecule has 1 aliphatic heterocycles. The minimum Gasteiger partial charge on any atom is -0.457 e. The minimum absolute atomic E-state index is 0.189. The number of halogens is 1. The molecule has 25 heavy (non-hydrogen) atoms. The third-order valence-electron chi connectivity index (χ3n) is 4.07. The molecule has 1 aromatic heterocycles. The zero-order valence-corrected chi connectivity index (χ0v) is 16.2. The molecule has 0 spiro atoms. The summed E-state index contributed by atoms with van der Waals surface area (Å²) in [5.41, 5.74) is 1.96. The van der Waals surface area contributed by atoms with Gasteiger partial charge < -0.3 is 15.0 Å². The standard InChI is InChI=1S/C18H17BrN2O3S/c1-11-15(17(22)24-10-12-6-4-3-5-7-12)16(20-18(23)21(11)2)13-8-9-14(19)25-13/h3-9,16H,10H2,1-2H3,(H,20,23). The Kier molecular flexibility index (Phi) is 5.24. The molecule has 130 valence electrons. The van der Waals surface area contributed by atoms with E-state index >= 15 is 0 Å². The fourth-order valence-corrected chi connectivity index (χ4v) is 4.08. The normalized spacial score (nSPS) is 17.5. The van der Waals surface area contributed by atoms with E-state index < -0.39 is 12.0 Å². The number of nitrogens with one attached hydrogen (secondary N) is 1. The van der Waals surface area contributed by atoms with Crippen LogP contribution < -0.4 is 5.32 Å². The maximum absolute atomic E-state index is 12.8. The van der Waals surface area contributed by atoms with Crippen LogP contribution in [-0.2, 0) is 16.1 Å². The molecule has 1 atom stereocenters.